The van der Waals surface area contributed by atoms with Crippen LogP contribution in [0.25, 0.3) is 0 Å². The van der Waals surface area contributed by atoms with Crippen molar-refractivity contribution in [2.24, 2.45) is 0 Å². The minimum absolute atomic E-state index is 0.792. The summed E-state index contributed by atoms with van der Waals surface area (Å²) in [7, 11) is 0. The monoisotopic (exact) mass is 255 g/mol. The smallest absolute Gasteiger partial charge is 0.123 e. The summed E-state index contributed by atoms with van der Waals surface area (Å²) in [6, 6.07) is 12.6. The van der Waals surface area contributed by atoms with E-state index >= 15 is 0 Å². The molecule has 2 heteroatoms. The number of hydrogen-bond donors (Lipinski definition) is 0. The zero-order chi connectivity index (χ0) is 13.7. The van der Waals surface area contributed by atoms with E-state index in [0.29, 0.717) is 0 Å². The maximum Gasteiger partial charge on any atom is 0.123 e. The van der Waals surface area contributed by atoms with Gasteiger partial charge in [0.1, 0.15) is 5.76 Å². The number of furan rings is 1. The first-order valence-corrected chi connectivity index (χ1v) is 6.62. The van der Waals surface area contributed by atoms with E-state index in [1.165, 1.54) is 16.8 Å². The summed E-state index contributed by atoms with van der Waals surface area (Å²) in [5, 5.41) is 0. The first-order valence-electron chi connectivity index (χ1n) is 6.62. The van der Waals surface area contributed by atoms with Crippen molar-refractivity contribution in [1.82, 2.24) is 0 Å². The van der Waals surface area contributed by atoms with E-state index in [-0.39, 0.29) is 0 Å². The lowest BCUT2D eigenvalue weighted by Gasteiger charge is -2.22. The summed E-state index contributed by atoms with van der Waals surface area (Å²) < 4.78 is 5.45. The Morgan fingerprint density at radius 1 is 1.16 bits per heavy atom. The van der Waals surface area contributed by atoms with Gasteiger partial charge in [0.2, 0.25) is 0 Å². The number of hydrogen-bond acceptors (Lipinski definition) is 2. The summed E-state index contributed by atoms with van der Waals surface area (Å²) in [6.45, 7) is 8.04. The fourth-order valence-corrected chi connectivity index (χ4v) is 1.90. The number of aryl methyl sites for hydroxylation is 1. The van der Waals surface area contributed by atoms with Gasteiger partial charge in [-0.15, -0.1) is 0 Å². The van der Waals surface area contributed by atoms with E-state index in [0.717, 1.165) is 18.8 Å². The maximum absolute atomic E-state index is 5.45. The highest BCUT2D eigenvalue weighted by atomic mass is 16.3. The van der Waals surface area contributed by atoms with Crippen LogP contribution in [0, 0.1) is 6.92 Å². The lowest BCUT2D eigenvalue weighted by Crippen LogP contribution is -2.22. The molecule has 0 fully saturated rings. The van der Waals surface area contributed by atoms with Crippen molar-refractivity contribution >= 4 is 5.69 Å². The Labute approximate surface area is 115 Å². The standard InChI is InChI=1S/C17H21NO/c1-14(2)10-11-18(13-17-5-4-12-19-17)16-8-6-15(3)7-9-16/h4-10,12H,11,13H2,1-3H3. The van der Waals surface area contributed by atoms with Crippen LogP contribution < -0.4 is 4.90 Å². The predicted octanol–water partition coefficient (Wildman–Crippen LogP) is 4.56. The van der Waals surface area contributed by atoms with Gasteiger partial charge in [0.25, 0.3) is 0 Å². The van der Waals surface area contributed by atoms with Crippen LogP contribution in [0.15, 0.2) is 58.7 Å². The van der Waals surface area contributed by atoms with Gasteiger partial charge in [-0.2, -0.15) is 0 Å². The van der Waals surface area contributed by atoms with Crippen molar-refractivity contribution in [2.75, 3.05) is 11.4 Å². The molecule has 0 aliphatic heterocycles. The van der Waals surface area contributed by atoms with Crippen LogP contribution in [-0.4, -0.2) is 6.54 Å². The van der Waals surface area contributed by atoms with Crippen molar-refractivity contribution in [3.63, 3.8) is 0 Å². The zero-order valence-corrected chi connectivity index (χ0v) is 11.9. The number of rotatable bonds is 5. The first kappa shape index (κ1) is 13.5. The third kappa shape index (κ3) is 4.02. The molecular formula is C17H21NO. The van der Waals surface area contributed by atoms with Gasteiger partial charge in [0.05, 0.1) is 12.8 Å². The summed E-state index contributed by atoms with van der Waals surface area (Å²) in [5.41, 5.74) is 3.83. The molecule has 2 aromatic rings. The van der Waals surface area contributed by atoms with Gasteiger partial charge < -0.3 is 9.32 Å². The Bertz CT molecular complexity index is 519. The summed E-state index contributed by atoms with van der Waals surface area (Å²) >= 11 is 0. The number of nitrogens with zero attached hydrogens (tertiary/aromatic N) is 1. The summed E-state index contributed by atoms with van der Waals surface area (Å²) in [4.78, 5) is 2.31. The summed E-state index contributed by atoms with van der Waals surface area (Å²) in [5.74, 6) is 0.989. The third-order valence-corrected chi connectivity index (χ3v) is 3.05. The minimum Gasteiger partial charge on any atom is -0.467 e. The molecule has 0 spiro atoms. The molecule has 0 aliphatic carbocycles. The van der Waals surface area contributed by atoms with Crippen LogP contribution in [0.3, 0.4) is 0 Å². The topological polar surface area (TPSA) is 16.4 Å². The molecule has 0 radical (unpaired) electrons. The normalized spacial score (nSPS) is 10.3. The first-order chi connectivity index (χ1) is 9.15. The van der Waals surface area contributed by atoms with Gasteiger partial charge in [-0.3, -0.25) is 0 Å². The third-order valence-electron chi connectivity index (χ3n) is 3.05. The van der Waals surface area contributed by atoms with Gasteiger partial charge in [-0.05, 0) is 45.0 Å². The molecule has 0 bridgehead atoms. The Balaban J connectivity index is 2.18. The molecule has 0 amide bonds. The van der Waals surface area contributed by atoms with Crippen LogP contribution in [0.1, 0.15) is 25.2 Å². The molecule has 1 aromatic heterocycles. The lowest BCUT2D eigenvalue weighted by atomic mass is 10.2. The largest absolute Gasteiger partial charge is 0.467 e. The Kier molecular flexibility index (Phi) is 4.45. The molecule has 2 nitrogen and oxygen atoms in total. The molecule has 0 saturated heterocycles. The quantitative estimate of drug-likeness (QED) is 0.728. The van der Waals surface area contributed by atoms with Crippen molar-refractivity contribution in [3.8, 4) is 0 Å². The van der Waals surface area contributed by atoms with Crippen molar-refractivity contribution in [3.05, 3.63) is 65.6 Å². The molecule has 1 heterocycles. The fraction of sp³-hybridized carbons (Fsp3) is 0.294. The lowest BCUT2D eigenvalue weighted by molar-refractivity contribution is 0.505. The van der Waals surface area contributed by atoms with E-state index in [2.05, 4.69) is 56.0 Å². The van der Waals surface area contributed by atoms with Gasteiger partial charge in [0, 0.05) is 12.2 Å². The van der Waals surface area contributed by atoms with E-state index in [4.69, 9.17) is 4.42 Å². The average molecular weight is 255 g/mol. The second-order valence-corrected chi connectivity index (χ2v) is 5.08. The van der Waals surface area contributed by atoms with Crippen LogP contribution >= 0.6 is 0 Å². The number of benzene rings is 1. The average Bonchev–Trinajstić information content (AvgIpc) is 2.88. The molecule has 2 rings (SSSR count). The summed E-state index contributed by atoms with van der Waals surface area (Å²) in [6.07, 6.45) is 3.96. The molecule has 0 aliphatic rings. The van der Waals surface area contributed by atoms with Crippen molar-refractivity contribution in [1.29, 1.82) is 0 Å². The molecule has 0 unspecified atom stereocenters. The van der Waals surface area contributed by atoms with E-state index in [1.54, 1.807) is 6.26 Å². The SMILES string of the molecule is CC(C)=CCN(Cc1ccco1)c1ccc(C)cc1. The fourth-order valence-electron chi connectivity index (χ4n) is 1.90. The van der Waals surface area contributed by atoms with Crippen LogP contribution in [0.4, 0.5) is 5.69 Å². The molecule has 0 saturated carbocycles. The number of allylic oxidation sites excluding steroid dienone is 1. The number of anilines is 1. The molecule has 0 atom stereocenters. The van der Waals surface area contributed by atoms with E-state index in [1.807, 2.05) is 12.1 Å². The maximum atomic E-state index is 5.45. The zero-order valence-electron chi connectivity index (χ0n) is 11.9. The molecular weight excluding hydrogens is 234 g/mol. The van der Waals surface area contributed by atoms with Crippen molar-refractivity contribution in [2.45, 2.75) is 27.3 Å². The van der Waals surface area contributed by atoms with Gasteiger partial charge in [0.15, 0.2) is 0 Å². The van der Waals surface area contributed by atoms with Gasteiger partial charge in [-0.1, -0.05) is 29.3 Å². The second-order valence-electron chi connectivity index (χ2n) is 5.08. The highest BCUT2D eigenvalue weighted by molar-refractivity contribution is 5.48. The van der Waals surface area contributed by atoms with Gasteiger partial charge in [-0.25, -0.2) is 0 Å². The van der Waals surface area contributed by atoms with Crippen LogP contribution in [-0.2, 0) is 6.54 Å². The van der Waals surface area contributed by atoms with E-state index < -0.39 is 0 Å². The highest BCUT2D eigenvalue weighted by Crippen LogP contribution is 2.18. The Morgan fingerprint density at radius 2 is 1.89 bits per heavy atom. The second kappa shape index (κ2) is 6.28. The molecule has 19 heavy (non-hydrogen) atoms. The van der Waals surface area contributed by atoms with Crippen LogP contribution in [0.5, 0.6) is 0 Å². The molecule has 100 valence electrons. The molecule has 0 N–H and O–H groups in total. The minimum atomic E-state index is 0.792. The van der Waals surface area contributed by atoms with E-state index in [9.17, 15) is 0 Å². The van der Waals surface area contributed by atoms with Crippen molar-refractivity contribution < 1.29 is 4.42 Å². The Morgan fingerprint density at radius 3 is 2.47 bits per heavy atom. The Hall–Kier alpha value is -1.96. The molecule has 1 aromatic carbocycles. The van der Waals surface area contributed by atoms with Gasteiger partial charge >= 0.3 is 0 Å². The predicted molar refractivity (Wildman–Crippen MR) is 80.4 cm³/mol. The highest BCUT2D eigenvalue weighted by Gasteiger charge is 2.07. The van der Waals surface area contributed by atoms with Crippen LogP contribution in [0.2, 0.25) is 0 Å².